The Morgan fingerprint density at radius 3 is 2.71 bits per heavy atom. The van der Waals surface area contributed by atoms with E-state index in [-0.39, 0.29) is 5.25 Å². The zero-order valence-electron chi connectivity index (χ0n) is 8.96. The quantitative estimate of drug-likeness (QED) is 0.686. The van der Waals surface area contributed by atoms with Crippen LogP contribution in [0.25, 0.3) is 0 Å². The first-order chi connectivity index (χ1) is 6.67. The first-order valence-electron chi connectivity index (χ1n) is 5.59. The van der Waals surface area contributed by atoms with Gasteiger partial charge in [0.1, 0.15) is 0 Å². The zero-order chi connectivity index (χ0) is 10.4. The number of nitrogens with one attached hydrogen (secondary N) is 1. The highest BCUT2D eigenvalue weighted by atomic mass is 32.2. The van der Waals surface area contributed by atoms with E-state index in [4.69, 9.17) is 0 Å². The van der Waals surface area contributed by atoms with Gasteiger partial charge in [-0.3, -0.25) is 0 Å². The fraction of sp³-hybridized carbons (Fsp3) is 1.00. The largest absolute Gasteiger partial charge is 0.315 e. The van der Waals surface area contributed by atoms with E-state index in [9.17, 15) is 8.42 Å². The summed E-state index contributed by atoms with van der Waals surface area (Å²) in [5, 5.41) is 3.13. The maximum Gasteiger partial charge on any atom is 0.154 e. The minimum Gasteiger partial charge on any atom is -0.315 e. The molecule has 1 aliphatic rings. The third-order valence-corrected chi connectivity index (χ3v) is 5.07. The number of hydrogen-bond acceptors (Lipinski definition) is 3. The van der Waals surface area contributed by atoms with Gasteiger partial charge >= 0.3 is 0 Å². The van der Waals surface area contributed by atoms with Crippen LogP contribution in [0.1, 0.15) is 39.0 Å². The lowest BCUT2D eigenvalue weighted by Gasteiger charge is -2.10. The van der Waals surface area contributed by atoms with Gasteiger partial charge in [-0.05, 0) is 25.8 Å². The molecule has 4 heteroatoms. The van der Waals surface area contributed by atoms with Crippen molar-refractivity contribution in [2.24, 2.45) is 0 Å². The number of rotatable bonds is 6. The maximum absolute atomic E-state index is 11.4. The second kappa shape index (κ2) is 5.71. The van der Waals surface area contributed by atoms with E-state index in [1.165, 1.54) is 12.8 Å². The summed E-state index contributed by atoms with van der Waals surface area (Å²) < 4.78 is 22.9. The van der Waals surface area contributed by atoms with Crippen molar-refractivity contribution in [3.8, 4) is 0 Å². The van der Waals surface area contributed by atoms with Gasteiger partial charge in [-0.2, -0.15) is 0 Å². The lowest BCUT2D eigenvalue weighted by atomic mass is 10.2. The summed E-state index contributed by atoms with van der Waals surface area (Å²) in [5.74, 6) is 0.397. The van der Waals surface area contributed by atoms with Gasteiger partial charge in [0.05, 0.1) is 11.0 Å². The standard InChI is InChI=1S/C10H21NO2S/c1-2-3-4-7-11-9-10-6-5-8-14(10,12)13/h10-11H,2-9H2,1H3. The van der Waals surface area contributed by atoms with Gasteiger partial charge < -0.3 is 5.32 Å². The number of sulfone groups is 1. The van der Waals surface area contributed by atoms with E-state index in [2.05, 4.69) is 12.2 Å². The molecule has 0 aromatic carbocycles. The molecule has 1 atom stereocenters. The highest BCUT2D eigenvalue weighted by molar-refractivity contribution is 7.92. The molecule has 0 spiro atoms. The fourth-order valence-corrected chi connectivity index (χ4v) is 3.65. The van der Waals surface area contributed by atoms with Crippen LogP contribution in [-0.4, -0.2) is 32.5 Å². The molecule has 14 heavy (non-hydrogen) atoms. The molecule has 3 nitrogen and oxygen atoms in total. The van der Waals surface area contributed by atoms with Crippen LogP contribution in [0.5, 0.6) is 0 Å². The summed E-state index contributed by atoms with van der Waals surface area (Å²) in [5.41, 5.74) is 0. The Balaban J connectivity index is 2.13. The van der Waals surface area contributed by atoms with E-state index < -0.39 is 9.84 Å². The molecule has 84 valence electrons. The molecule has 1 heterocycles. The lowest BCUT2D eigenvalue weighted by Crippen LogP contribution is -2.31. The molecule has 1 rings (SSSR count). The van der Waals surface area contributed by atoms with E-state index in [1.807, 2.05) is 0 Å². The van der Waals surface area contributed by atoms with E-state index in [0.29, 0.717) is 12.3 Å². The summed E-state index contributed by atoms with van der Waals surface area (Å²) in [7, 11) is -2.74. The van der Waals surface area contributed by atoms with Gasteiger partial charge in [-0.15, -0.1) is 0 Å². The highest BCUT2D eigenvalue weighted by Gasteiger charge is 2.30. The molecule has 0 radical (unpaired) electrons. The molecule has 0 amide bonds. The van der Waals surface area contributed by atoms with Gasteiger partial charge in [0.2, 0.25) is 0 Å². The van der Waals surface area contributed by atoms with Crippen LogP contribution in [0.3, 0.4) is 0 Å². The van der Waals surface area contributed by atoms with Gasteiger partial charge in [0, 0.05) is 6.54 Å². The van der Waals surface area contributed by atoms with Crippen LogP contribution < -0.4 is 5.32 Å². The third-order valence-electron chi connectivity index (χ3n) is 2.79. The molecule has 0 bridgehead atoms. The predicted molar refractivity (Wildman–Crippen MR) is 59.2 cm³/mol. The summed E-state index contributed by atoms with van der Waals surface area (Å²) >= 11 is 0. The molecular weight excluding hydrogens is 198 g/mol. The van der Waals surface area contributed by atoms with Crippen molar-refractivity contribution in [2.45, 2.75) is 44.3 Å². The average molecular weight is 219 g/mol. The third kappa shape index (κ3) is 3.58. The second-order valence-electron chi connectivity index (χ2n) is 4.04. The second-order valence-corrected chi connectivity index (χ2v) is 6.44. The average Bonchev–Trinajstić information content (AvgIpc) is 2.45. The molecule has 1 N–H and O–H groups in total. The Hall–Kier alpha value is -0.0900. The smallest absolute Gasteiger partial charge is 0.154 e. The minimum atomic E-state index is -2.74. The Morgan fingerprint density at radius 2 is 2.14 bits per heavy atom. The van der Waals surface area contributed by atoms with Crippen molar-refractivity contribution >= 4 is 9.84 Å². The van der Waals surface area contributed by atoms with Crippen LogP contribution in [0.2, 0.25) is 0 Å². The Bertz CT molecular complexity index is 249. The zero-order valence-corrected chi connectivity index (χ0v) is 9.78. The van der Waals surface area contributed by atoms with E-state index >= 15 is 0 Å². The lowest BCUT2D eigenvalue weighted by molar-refractivity contribution is 0.564. The first-order valence-corrected chi connectivity index (χ1v) is 7.30. The van der Waals surface area contributed by atoms with Crippen LogP contribution in [0.15, 0.2) is 0 Å². The Labute approximate surface area is 87.2 Å². The molecule has 1 aliphatic heterocycles. The molecule has 0 aliphatic carbocycles. The summed E-state index contributed by atoms with van der Waals surface area (Å²) in [6.45, 7) is 3.79. The molecule has 1 saturated heterocycles. The van der Waals surface area contributed by atoms with Crippen molar-refractivity contribution < 1.29 is 8.42 Å². The van der Waals surface area contributed by atoms with Crippen LogP contribution in [0, 0.1) is 0 Å². The topological polar surface area (TPSA) is 46.2 Å². The van der Waals surface area contributed by atoms with Crippen molar-refractivity contribution in [1.29, 1.82) is 0 Å². The van der Waals surface area contributed by atoms with E-state index in [0.717, 1.165) is 25.8 Å². The van der Waals surface area contributed by atoms with Crippen LogP contribution in [0.4, 0.5) is 0 Å². The van der Waals surface area contributed by atoms with Crippen molar-refractivity contribution in [1.82, 2.24) is 5.32 Å². The minimum absolute atomic E-state index is 0.107. The molecular formula is C10H21NO2S. The monoisotopic (exact) mass is 219 g/mol. The Morgan fingerprint density at radius 1 is 1.36 bits per heavy atom. The molecule has 1 unspecified atom stereocenters. The van der Waals surface area contributed by atoms with Crippen molar-refractivity contribution in [3.05, 3.63) is 0 Å². The molecule has 0 aromatic rings. The number of hydrogen-bond donors (Lipinski definition) is 1. The van der Waals surface area contributed by atoms with Gasteiger partial charge in [-0.25, -0.2) is 8.42 Å². The first kappa shape index (κ1) is 12.0. The van der Waals surface area contributed by atoms with Gasteiger partial charge in [0.25, 0.3) is 0 Å². The van der Waals surface area contributed by atoms with Crippen LogP contribution in [-0.2, 0) is 9.84 Å². The number of unbranched alkanes of at least 4 members (excludes halogenated alkanes) is 2. The molecule has 0 saturated carbocycles. The maximum atomic E-state index is 11.4. The molecule has 1 fully saturated rings. The van der Waals surface area contributed by atoms with Crippen LogP contribution >= 0.6 is 0 Å². The SMILES string of the molecule is CCCCCNCC1CCCS1(=O)=O. The Kier molecular flexibility index (Phi) is 4.89. The fourth-order valence-electron chi connectivity index (χ4n) is 1.85. The normalized spacial score (nSPS) is 25.4. The van der Waals surface area contributed by atoms with Gasteiger partial charge in [0.15, 0.2) is 9.84 Å². The highest BCUT2D eigenvalue weighted by Crippen LogP contribution is 2.18. The summed E-state index contributed by atoms with van der Waals surface area (Å²) in [6, 6.07) is 0. The predicted octanol–water partition coefficient (Wildman–Crippen LogP) is 1.34. The summed E-state index contributed by atoms with van der Waals surface area (Å²) in [6.07, 6.45) is 5.30. The summed E-state index contributed by atoms with van der Waals surface area (Å²) in [4.78, 5) is 0. The van der Waals surface area contributed by atoms with Crippen molar-refractivity contribution in [2.75, 3.05) is 18.8 Å². The van der Waals surface area contributed by atoms with Gasteiger partial charge in [-0.1, -0.05) is 19.8 Å². The molecule has 0 aromatic heterocycles. The van der Waals surface area contributed by atoms with E-state index in [1.54, 1.807) is 0 Å². The van der Waals surface area contributed by atoms with Crippen molar-refractivity contribution in [3.63, 3.8) is 0 Å².